The van der Waals surface area contributed by atoms with E-state index in [0.29, 0.717) is 6.54 Å². The molecule has 0 fully saturated rings. The van der Waals surface area contributed by atoms with Gasteiger partial charge in [-0.3, -0.25) is 9.88 Å². The smallest absolute Gasteiger partial charge is 0.0747 e. The van der Waals surface area contributed by atoms with E-state index in [0.717, 1.165) is 34.9 Å². The summed E-state index contributed by atoms with van der Waals surface area (Å²) < 4.78 is 1.07. The van der Waals surface area contributed by atoms with Crippen molar-refractivity contribution in [3.63, 3.8) is 0 Å². The summed E-state index contributed by atoms with van der Waals surface area (Å²) in [6, 6.07) is 8.24. The van der Waals surface area contributed by atoms with Crippen LogP contribution in [0.15, 0.2) is 34.9 Å². The molecule has 0 unspecified atom stereocenters. The molecule has 0 aliphatic carbocycles. The average Bonchev–Trinajstić information content (AvgIpc) is 2.39. The zero-order chi connectivity index (χ0) is 13.7. The topological polar surface area (TPSA) is 36.4 Å². The Hall–Kier alpha value is -0.970. The molecule has 2 rings (SSSR count). The Morgan fingerprint density at radius 3 is 2.89 bits per heavy atom. The predicted octanol–water partition coefficient (Wildman–Crippen LogP) is 3.20. The maximum absolute atomic E-state index is 9.14. The van der Waals surface area contributed by atoms with Gasteiger partial charge in [-0.2, -0.15) is 0 Å². The van der Waals surface area contributed by atoms with Crippen LogP contribution in [0.25, 0.3) is 10.9 Å². The van der Waals surface area contributed by atoms with Crippen LogP contribution in [0.1, 0.15) is 18.9 Å². The molecule has 19 heavy (non-hydrogen) atoms. The standard InChI is InChI=1S/C15H19BrN2O/c1-2-6-18(7-8-19)11-13-10-14(16)9-12-4-3-5-17-15(12)13/h3-5,9-10,19H,2,6-8,11H2,1H3. The molecule has 1 aromatic carbocycles. The second kappa shape index (κ2) is 6.98. The van der Waals surface area contributed by atoms with Crippen molar-refractivity contribution in [2.24, 2.45) is 0 Å². The highest BCUT2D eigenvalue weighted by molar-refractivity contribution is 9.10. The number of halogens is 1. The molecule has 1 aromatic heterocycles. The molecular formula is C15H19BrN2O. The fourth-order valence-corrected chi connectivity index (χ4v) is 2.84. The van der Waals surface area contributed by atoms with Crippen molar-refractivity contribution < 1.29 is 5.11 Å². The number of pyridine rings is 1. The molecule has 1 heterocycles. The Balaban J connectivity index is 2.32. The van der Waals surface area contributed by atoms with E-state index in [-0.39, 0.29) is 6.61 Å². The normalized spacial score (nSPS) is 11.4. The second-order valence-electron chi connectivity index (χ2n) is 4.64. The van der Waals surface area contributed by atoms with E-state index < -0.39 is 0 Å². The summed E-state index contributed by atoms with van der Waals surface area (Å²) in [5.74, 6) is 0. The van der Waals surface area contributed by atoms with Crippen molar-refractivity contribution >= 4 is 26.8 Å². The Bertz CT molecular complexity index is 539. The minimum atomic E-state index is 0.194. The van der Waals surface area contributed by atoms with Crippen LogP contribution in [-0.4, -0.2) is 34.7 Å². The summed E-state index contributed by atoms with van der Waals surface area (Å²) in [5, 5.41) is 10.3. The van der Waals surface area contributed by atoms with Gasteiger partial charge in [0.1, 0.15) is 0 Å². The molecule has 0 saturated heterocycles. The van der Waals surface area contributed by atoms with E-state index in [4.69, 9.17) is 5.11 Å². The van der Waals surface area contributed by atoms with Gasteiger partial charge in [0.15, 0.2) is 0 Å². The van der Waals surface area contributed by atoms with Gasteiger partial charge in [-0.05, 0) is 36.7 Å². The van der Waals surface area contributed by atoms with E-state index in [2.05, 4.69) is 50.9 Å². The van der Waals surface area contributed by atoms with Crippen LogP contribution in [0.4, 0.5) is 0 Å². The van der Waals surface area contributed by atoms with Crippen LogP contribution in [-0.2, 0) is 6.54 Å². The highest BCUT2D eigenvalue weighted by Gasteiger charge is 2.09. The number of aromatic nitrogens is 1. The molecule has 0 aliphatic heterocycles. The van der Waals surface area contributed by atoms with Crippen molar-refractivity contribution in [2.75, 3.05) is 19.7 Å². The first kappa shape index (κ1) is 14.4. The first-order valence-corrected chi connectivity index (χ1v) is 7.40. The van der Waals surface area contributed by atoms with Gasteiger partial charge in [-0.15, -0.1) is 0 Å². The number of aliphatic hydroxyl groups is 1. The number of benzene rings is 1. The van der Waals surface area contributed by atoms with Crippen LogP contribution < -0.4 is 0 Å². The Morgan fingerprint density at radius 1 is 1.32 bits per heavy atom. The van der Waals surface area contributed by atoms with Gasteiger partial charge < -0.3 is 5.11 Å². The molecule has 0 spiro atoms. The Labute approximate surface area is 122 Å². The van der Waals surface area contributed by atoms with E-state index in [1.54, 1.807) is 0 Å². The summed E-state index contributed by atoms with van der Waals surface area (Å²) in [7, 11) is 0. The molecule has 1 N–H and O–H groups in total. The first-order valence-electron chi connectivity index (χ1n) is 6.61. The largest absolute Gasteiger partial charge is 0.395 e. The summed E-state index contributed by atoms with van der Waals surface area (Å²) in [6.45, 7) is 4.86. The third-order valence-electron chi connectivity index (χ3n) is 3.10. The zero-order valence-electron chi connectivity index (χ0n) is 11.1. The van der Waals surface area contributed by atoms with E-state index in [9.17, 15) is 0 Å². The summed E-state index contributed by atoms with van der Waals surface area (Å²) in [4.78, 5) is 6.75. The van der Waals surface area contributed by atoms with Crippen LogP contribution >= 0.6 is 15.9 Å². The predicted molar refractivity (Wildman–Crippen MR) is 82.1 cm³/mol. The van der Waals surface area contributed by atoms with E-state index in [1.807, 2.05) is 12.3 Å². The van der Waals surface area contributed by atoms with Gasteiger partial charge in [-0.1, -0.05) is 28.9 Å². The summed E-state index contributed by atoms with van der Waals surface area (Å²) in [5.41, 5.74) is 2.25. The minimum Gasteiger partial charge on any atom is -0.395 e. The number of rotatable bonds is 6. The molecule has 0 amide bonds. The quantitative estimate of drug-likeness (QED) is 0.887. The lowest BCUT2D eigenvalue weighted by atomic mass is 10.1. The zero-order valence-corrected chi connectivity index (χ0v) is 12.7. The maximum Gasteiger partial charge on any atom is 0.0747 e. The third-order valence-corrected chi connectivity index (χ3v) is 3.56. The highest BCUT2D eigenvalue weighted by Crippen LogP contribution is 2.23. The van der Waals surface area contributed by atoms with E-state index >= 15 is 0 Å². The molecule has 0 aliphatic rings. The molecule has 4 heteroatoms. The second-order valence-corrected chi connectivity index (χ2v) is 5.56. The molecule has 102 valence electrons. The molecule has 3 nitrogen and oxygen atoms in total. The monoisotopic (exact) mass is 322 g/mol. The fourth-order valence-electron chi connectivity index (χ4n) is 2.32. The fraction of sp³-hybridized carbons (Fsp3) is 0.400. The molecule has 0 bridgehead atoms. The lowest BCUT2D eigenvalue weighted by Gasteiger charge is -2.21. The summed E-state index contributed by atoms with van der Waals surface area (Å²) in [6.07, 6.45) is 2.91. The lowest BCUT2D eigenvalue weighted by molar-refractivity contribution is 0.191. The molecule has 0 radical (unpaired) electrons. The van der Waals surface area contributed by atoms with Crippen LogP contribution in [0.2, 0.25) is 0 Å². The number of fused-ring (bicyclic) bond motifs is 1. The third kappa shape index (κ3) is 3.75. The SMILES string of the molecule is CCCN(CCO)Cc1cc(Br)cc2cccnc12. The lowest BCUT2D eigenvalue weighted by Crippen LogP contribution is -2.27. The Kier molecular flexibility index (Phi) is 5.31. The van der Waals surface area contributed by atoms with Gasteiger partial charge in [0, 0.05) is 29.1 Å². The maximum atomic E-state index is 9.14. The molecule has 0 saturated carbocycles. The number of nitrogens with zero attached hydrogens (tertiary/aromatic N) is 2. The van der Waals surface area contributed by atoms with Crippen LogP contribution in [0.3, 0.4) is 0 Å². The number of aliphatic hydroxyl groups excluding tert-OH is 1. The van der Waals surface area contributed by atoms with Crippen molar-refractivity contribution in [3.05, 3.63) is 40.5 Å². The average molecular weight is 323 g/mol. The van der Waals surface area contributed by atoms with Crippen LogP contribution in [0.5, 0.6) is 0 Å². The minimum absolute atomic E-state index is 0.194. The van der Waals surface area contributed by atoms with Crippen molar-refractivity contribution in [1.82, 2.24) is 9.88 Å². The Morgan fingerprint density at radius 2 is 2.16 bits per heavy atom. The van der Waals surface area contributed by atoms with Crippen molar-refractivity contribution in [3.8, 4) is 0 Å². The van der Waals surface area contributed by atoms with Gasteiger partial charge >= 0.3 is 0 Å². The molecule has 2 aromatic rings. The number of hydrogen-bond acceptors (Lipinski definition) is 3. The number of hydrogen-bond donors (Lipinski definition) is 1. The molecule has 0 atom stereocenters. The van der Waals surface area contributed by atoms with E-state index in [1.165, 1.54) is 5.56 Å². The van der Waals surface area contributed by atoms with Gasteiger partial charge in [0.05, 0.1) is 12.1 Å². The molecular weight excluding hydrogens is 304 g/mol. The van der Waals surface area contributed by atoms with Gasteiger partial charge in [0.25, 0.3) is 0 Å². The van der Waals surface area contributed by atoms with Crippen molar-refractivity contribution in [1.29, 1.82) is 0 Å². The van der Waals surface area contributed by atoms with Crippen LogP contribution in [0, 0.1) is 0 Å². The highest BCUT2D eigenvalue weighted by atomic mass is 79.9. The van der Waals surface area contributed by atoms with Gasteiger partial charge in [-0.25, -0.2) is 0 Å². The summed E-state index contributed by atoms with van der Waals surface area (Å²) >= 11 is 3.56. The van der Waals surface area contributed by atoms with Crippen molar-refractivity contribution in [2.45, 2.75) is 19.9 Å². The van der Waals surface area contributed by atoms with Gasteiger partial charge in [0.2, 0.25) is 0 Å². The first-order chi connectivity index (χ1) is 9.24.